The van der Waals surface area contributed by atoms with Gasteiger partial charge in [-0.3, -0.25) is 0 Å². The standard InChI is InChI=1S/C22H32ClNO4/c23-10-4-2-1-3-5-11-25-12-14-27-21-8-6-19-7-9-22(17-20(19)16-21)28-15-13-26-18-24/h6-9,16-17H,1-5,10-15,18,24H2. The lowest BCUT2D eigenvalue weighted by Gasteiger charge is -2.10. The molecule has 0 aliphatic rings. The molecule has 5 nitrogen and oxygen atoms in total. The lowest BCUT2D eigenvalue weighted by Crippen LogP contribution is -2.11. The zero-order valence-electron chi connectivity index (χ0n) is 16.5. The number of unbranched alkanes of at least 4 members (excludes halogenated alkanes) is 4. The van der Waals surface area contributed by atoms with Gasteiger partial charge in [-0.05, 0) is 47.9 Å². The smallest absolute Gasteiger partial charge is 0.120 e. The van der Waals surface area contributed by atoms with Crippen LogP contribution in [-0.4, -0.2) is 45.6 Å². The zero-order valence-corrected chi connectivity index (χ0v) is 17.3. The molecule has 0 saturated carbocycles. The molecule has 0 atom stereocenters. The molecule has 0 bridgehead atoms. The molecule has 0 aliphatic heterocycles. The fraction of sp³-hybridized carbons (Fsp3) is 0.545. The first-order valence-corrected chi connectivity index (χ1v) is 10.6. The molecule has 6 heteroatoms. The van der Waals surface area contributed by atoms with Crippen molar-refractivity contribution < 1.29 is 18.9 Å². The van der Waals surface area contributed by atoms with Crippen LogP contribution < -0.4 is 15.2 Å². The van der Waals surface area contributed by atoms with E-state index in [0.29, 0.717) is 26.4 Å². The van der Waals surface area contributed by atoms with Crippen LogP contribution in [0.2, 0.25) is 0 Å². The minimum absolute atomic E-state index is 0.208. The van der Waals surface area contributed by atoms with Gasteiger partial charge in [-0.25, -0.2) is 0 Å². The summed E-state index contributed by atoms with van der Waals surface area (Å²) >= 11 is 5.67. The molecular formula is C22H32ClNO4. The normalized spacial score (nSPS) is 11.1. The van der Waals surface area contributed by atoms with Crippen molar-refractivity contribution in [3.63, 3.8) is 0 Å². The van der Waals surface area contributed by atoms with Gasteiger partial charge < -0.3 is 24.7 Å². The summed E-state index contributed by atoms with van der Waals surface area (Å²) < 4.78 is 22.2. The van der Waals surface area contributed by atoms with Gasteiger partial charge in [0, 0.05) is 12.5 Å². The minimum Gasteiger partial charge on any atom is -0.491 e. The van der Waals surface area contributed by atoms with Crippen LogP contribution in [0.5, 0.6) is 11.5 Å². The number of ether oxygens (including phenoxy) is 4. The topological polar surface area (TPSA) is 62.9 Å². The average Bonchev–Trinajstić information content (AvgIpc) is 2.72. The van der Waals surface area contributed by atoms with E-state index in [1.165, 1.54) is 19.3 Å². The van der Waals surface area contributed by atoms with Crippen LogP contribution in [0, 0.1) is 0 Å². The number of nitrogens with two attached hydrogens (primary N) is 1. The van der Waals surface area contributed by atoms with Gasteiger partial charge >= 0.3 is 0 Å². The second-order valence-electron chi connectivity index (χ2n) is 6.51. The Morgan fingerprint density at radius 2 is 1.25 bits per heavy atom. The van der Waals surface area contributed by atoms with Gasteiger partial charge in [-0.15, -0.1) is 11.6 Å². The number of hydrogen-bond donors (Lipinski definition) is 1. The van der Waals surface area contributed by atoms with Gasteiger partial charge in [-0.1, -0.05) is 31.4 Å². The molecule has 0 aromatic heterocycles. The fourth-order valence-electron chi connectivity index (χ4n) is 2.83. The van der Waals surface area contributed by atoms with Gasteiger partial charge in [0.2, 0.25) is 0 Å². The number of fused-ring (bicyclic) bond motifs is 1. The molecule has 0 amide bonds. The summed E-state index contributed by atoms with van der Waals surface area (Å²) in [7, 11) is 0. The number of hydrogen-bond acceptors (Lipinski definition) is 5. The van der Waals surface area contributed by atoms with E-state index in [2.05, 4.69) is 0 Å². The van der Waals surface area contributed by atoms with Gasteiger partial charge in [0.05, 0.1) is 19.9 Å². The molecule has 0 radical (unpaired) electrons. The average molecular weight is 410 g/mol. The molecular weight excluding hydrogens is 378 g/mol. The number of rotatable bonds is 16. The van der Waals surface area contributed by atoms with Crippen LogP contribution >= 0.6 is 11.6 Å². The molecule has 0 heterocycles. The lowest BCUT2D eigenvalue weighted by molar-refractivity contribution is 0.0971. The summed E-state index contributed by atoms with van der Waals surface area (Å²) in [6.07, 6.45) is 5.85. The Morgan fingerprint density at radius 1 is 0.643 bits per heavy atom. The first-order chi connectivity index (χ1) is 13.8. The molecule has 0 fully saturated rings. The van der Waals surface area contributed by atoms with Crippen molar-refractivity contribution in [1.29, 1.82) is 0 Å². The highest BCUT2D eigenvalue weighted by Crippen LogP contribution is 2.25. The molecule has 0 aliphatic carbocycles. The van der Waals surface area contributed by atoms with E-state index >= 15 is 0 Å². The van der Waals surface area contributed by atoms with Crippen molar-refractivity contribution >= 4 is 22.4 Å². The summed E-state index contributed by atoms with van der Waals surface area (Å²) in [4.78, 5) is 0. The SMILES string of the molecule is NCOCCOc1ccc2ccc(OCCOCCCCCCCCl)cc2c1. The van der Waals surface area contributed by atoms with Gasteiger partial charge in [0.25, 0.3) is 0 Å². The first kappa shape index (κ1) is 22.8. The van der Waals surface area contributed by atoms with E-state index in [0.717, 1.165) is 47.6 Å². The Balaban J connectivity index is 1.66. The van der Waals surface area contributed by atoms with Gasteiger partial charge in [0.1, 0.15) is 24.7 Å². The fourth-order valence-corrected chi connectivity index (χ4v) is 3.02. The Kier molecular flexibility index (Phi) is 11.8. The summed E-state index contributed by atoms with van der Waals surface area (Å²) in [6.45, 7) is 3.10. The molecule has 2 N–H and O–H groups in total. The molecule has 2 rings (SSSR count). The Morgan fingerprint density at radius 3 is 1.89 bits per heavy atom. The summed E-state index contributed by atoms with van der Waals surface area (Å²) in [5.41, 5.74) is 5.29. The lowest BCUT2D eigenvalue weighted by atomic mass is 10.1. The monoisotopic (exact) mass is 409 g/mol. The van der Waals surface area contributed by atoms with Crippen LogP contribution in [0.3, 0.4) is 0 Å². The van der Waals surface area contributed by atoms with E-state index in [1.807, 2.05) is 36.4 Å². The molecule has 2 aromatic carbocycles. The number of benzene rings is 2. The maximum absolute atomic E-state index is 5.81. The third kappa shape index (κ3) is 9.11. The highest BCUT2D eigenvalue weighted by atomic mass is 35.5. The second kappa shape index (κ2) is 14.5. The number of alkyl halides is 1. The Bertz CT molecular complexity index is 668. The van der Waals surface area contributed by atoms with Gasteiger partial charge in [-0.2, -0.15) is 0 Å². The van der Waals surface area contributed by atoms with Gasteiger partial charge in [0.15, 0.2) is 0 Å². The quantitative estimate of drug-likeness (QED) is 0.246. The van der Waals surface area contributed by atoms with E-state index < -0.39 is 0 Å². The first-order valence-electron chi connectivity index (χ1n) is 10.0. The highest BCUT2D eigenvalue weighted by Gasteiger charge is 2.01. The van der Waals surface area contributed by atoms with E-state index in [4.69, 9.17) is 36.3 Å². The predicted molar refractivity (Wildman–Crippen MR) is 115 cm³/mol. The maximum Gasteiger partial charge on any atom is 0.120 e. The molecule has 0 unspecified atom stereocenters. The maximum atomic E-state index is 5.81. The molecule has 156 valence electrons. The summed E-state index contributed by atoms with van der Waals surface area (Å²) in [6, 6.07) is 12.0. The molecule has 0 saturated heterocycles. The minimum atomic E-state index is 0.208. The number of halogens is 1. The molecule has 0 spiro atoms. The Hall–Kier alpha value is -1.53. The van der Waals surface area contributed by atoms with Crippen molar-refractivity contribution in [2.45, 2.75) is 32.1 Å². The highest BCUT2D eigenvalue weighted by molar-refractivity contribution is 6.17. The van der Waals surface area contributed by atoms with Crippen LogP contribution in [-0.2, 0) is 9.47 Å². The van der Waals surface area contributed by atoms with Crippen LogP contribution in [0.1, 0.15) is 32.1 Å². The largest absolute Gasteiger partial charge is 0.491 e. The van der Waals surface area contributed by atoms with Crippen LogP contribution in [0.4, 0.5) is 0 Å². The summed E-state index contributed by atoms with van der Waals surface area (Å²) in [5, 5.41) is 2.22. The van der Waals surface area contributed by atoms with E-state index in [-0.39, 0.29) is 6.73 Å². The third-order valence-electron chi connectivity index (χ3n) is 4.32. The van der Waals surface area contributed by atoms with Crippen LogP contribution in [0.25, 0.3) is 10.8 Å². The third-order valence-corrected chi connectivity index (χ3v) is 4.58. The Labute approximate surface area is 173 Å². The second-order valence-corrected chi connectivity index (χ2v) is 6.89. The molecule has 2 aromatic rings. The van der Waals surface area contributed by atoms with E-state index in [1.54, 1.807) is 0 Å². The van der Waals surface area contributed by atoms with Crippen LogP contribution in [0.15, 0.2) is 36.4 Å². The van der Waals surface area contributed by atoms with Crippen molar-refractivity contribution in [2.24, 2.45) is 5.73 Å². The van der Waals surface area contributed by atoms with Crippen molar-refractivity contribution in [3.05, 3.63) is 36.4 Å². The zero-order chi connectivity index (χ0) is 19.9. The van der Waals surface area contributed by atoms with Crippen molar-refractivity contribution in [3.8, 4) is 11.5 Å². The summed E-state index contributed by atoms with van der Waals surface area (Å²) in [5.74, 6) is 2.40. The van der Waals surface area contributed by atoms with Crippen molar-refractivity contribution in [1.82, 2.24) is 0 Å². The predicted octanol–water partition coefficient (Wildman–Crippen LogP) is 4.74. The molecule has 28 heavy (non-hydrogen) atoms. The van der Waals surface area contributed by atoms with Crippen molar-refractivity contribution in [2.75, 3.05) is 45.6 Å². The van der Waals surface area contributed by atoms with E-state index in [9.17, 15) is 0 Å².